The minimum Gasteiger partial charge on any atom is -0.360 e. The van der Waals surface area contributed by atoms with Crippen molar-refractivity contribution < 1.29 is 4.74 Å². The molecule has 0 saturated heterocycles. The number of hydrogen-bond acceptors (Lipinski definition) is 11. The molecular formula is C32H34N12OS2Si. The first-order valence-corrected chi connectivity index (χ1v) is 20.7. The largest absolute Gasteiger partial charge is 0.360 e. The normalized spacial score (nSPS) is 11.8. The molecule has 48 heavy (non-hydrogen) atoms. The Morgan fingerprint density at radius 3 is 1.90 bits per heavy atom. The molecule has 0 aromatic carbocycles. The monoisotopic (exact) mass is 694 g/mol. The van der Waals surface area contributed by atoms with Gasteiger partial charge in [-0.2, -0.15) is 10.2 Å². The van der Waals surface area contributed by atoms with Gasteiger partial charge in [0.15, 0.2) is 0 Å². The van der Waals surface area contributed by atoms with Crippen LogP contribution >= 0.6 is 22.7 Å². The van der Waals surface area contributed by atoms with Gasteiger partial charge in [-0.05, 0) is 19.9 Å². The fourth-order valence-corrected chi connectivity index (χ4v) is 7.16. The predicted octanol–water partition coefficient (Wildman–Crippen LogP) is 6.89. The molecule has 1 N–H and O–H groups in total. The molecule has 13 nitrogen and oxygen atoms in total. The molecule has 0 aliphatic rings. The van der Waals surface area contributed by atoms with E-state index in [-0.39, 0.29) is 0 Å². The van der Waals surface area contributed by atoms with Crippen molar-refractivity contribution in [1.29, 1.82) is 0 Å². The second-order valence-corrected chi connectivity index (χ2v) is 20.4. The van der Waals surface area contributed by atoms with E-state index in [2.05, 4.69) is 54.9 Å². The summed E-state index contributed by atoms with van der Waals surface area (Å²) in [6.45, 7) is 12.3. The average molecular weight is 695 g/mol. The van der Waals surface area contributed by atoms with Crippen LogP contribution in [0, 0.1) is 13.8 Å². The van der Waals surface area contributed by atoms with Crippen molar-refractivity contribution in [3.8, 4) is 43.9 Å². The molecule has 0 unspecified atom stereocenters. The Bertz CT molecular complexity index is 2290. The van der Waals surface area contributed by atoms with Gasteiger partial charge in [0.25, 0.3) is 0 Å². The highest BCUT2D eigenvalue weighted by Crippen LogP contribution is 2.29. The van der Waals surface area contributed by atoms with E-state index in [0.29, 0.717) is 6.73 Å². The number of aryl methyl sites for hydroxylation is 2. The third-order valence-corrected chi connectivity index (χ3v) is 11.0. The summed E-state index contributed by atoms with van der Waals surface area (Å²) in [5.41, 5.74) is 5.32. The molecule has 244 valence electrons. The molecule has 0 spiro atoms. The lowest BCUT2D eigenvalue weighted by Gasteiger charge is -2.15. The molecule has 0 amide bonds. The Morgan fingerprint density at radius 1 is 0.771 bits per heavy atom. The summed E-state index contributed by atoms with van der Waals surface area (Å²) in [6, 6.07) is 5.10. The van der Waals surface area contributed by atoms with E-state index < -0.39 is 8.07 Å². The summed E-state index contributed by atoms with van der Waals surface area (Å²) in [5, 5.41) is 13.3. The summed E-state index contributed by atoms with van der Waals surface area (Å²) >= 11 is 3.25. The maximum Gasteiger partial charge on any atom is 0.149 e. The molecule has 0 radical (unpaired) electrons. The van der Waals surface area contributed by atoms with Gasteiger partial charge in [-0.25, -0.2) is 34.6 Å². The highest BCUT2D eigenvalue weighted by atomic mass is 32.1. The molecule has 0 atom stereocenters. The van der Waals surface area contributed by atoms with Crippen LogP contribution in [0.3, 0.4) is 0 Å². The number of ether oxygens (including phenoxy) is 1. The van der Waals surface area contributed by atoms with E-state index in [1.807, 2.05) is 82.8 Å². The van der Waals surface area contributed by atoms with E-state index in [0.717, 1.165) is 77.9 Å². The number of aromatic amines is 1. The van der Waals surface area contributed by atoms with Crippen LogP contribution in [0.1, 0.15) is 10.0 Å². The Hall–Kier alpha value is -4.90. The van der Waals surface area contributed by atoms with E-state index >= 15 is 0 Å². The third kappa shape index (κ3) is 7.01. The number of nitrogens with zero attached hydrogens (tertiary/aromatic N) is 11. The van der Waals surface area contributed by atoms with Crippen molar-refractivity contribution >= 4 is 42.0 Å². The van der Waals surface area contributed by atoms with Crippen LogP contribution in [0.5, 0.6) is 0 Å². The number of nitrogens with one attached hydrogen (secondary N) is 1. The standard InChI is InChI=1S/C19H24N6OSSi.C13H10N6S/c1-14-21-11-17(27-14)16-9-18-20-5-6-25(18)19(23-16)15-10-22-24(12-15)13-26-7-8-28(2,3)4;1-8-15-7-11(20-8)10-4-12-14-2-3-19(12)13(18-10)9-5-16-17-6-9/h5-6,9-12H,7-8,13H2,1-4H3;2-7H,1H3,(H,16,17). The van der Waals surface area contributed by atoms with E-state index in [1.165, 1.54) is 0 Å². The Morgan fingerprint density at radius 2 is 1.38 bits per heavy atom. The summed E-state index contributed by atoms with van der Waals surface area (Å²) < 4.78 is 11.5. The van der Waals surface area contributed by atoms with E-state index in [1.54, 1.807) is 41.3 Å². The summed E-state index contributed by atoms with van der Waals surface area (Å²) in [4.78, 5) is 29.1. The lowest BCUT2D eigenvalue weighted by molar-refractivity contribution is 0.0786. The van der Waals surface area contributed by atoms with Gasteiger partial charge in [0.2, 0.25) is 0 Å². The highest BCUT2D eigenvalue weighted by molar-refractivity contribution is 7.15. The fraction of sp³-hybridized carbons (Fsp3) is 0.250. The number of H-pyrrole nitrogens is 1. The molecule has 0 aliphatic carbocycles. The van der Waals surface area contributed by atoms with Crippen LogP contribution in [-0.2, 0) is 11.5 Å². The lowest BCUT2D eigenvalue weighted by atomic mass is 10.3. The fourth-order valence-electron chi connectivity index (χ4n) is 4.93. The number of aromatic nitrogens is 12. The van der Waals surface area contributed by atoms with Crippen LogP contribution in [0.15, 0.2) is 74.1 Å². The second-order valence-electron chi connectivity index (χ2n) is 12.3. The summed E-state index contributed by atoms with van der Waals surface area (Å²) in [7, 11) is -1.08. The molecule has 8 aromatic rings. The lowest BCUT2D eigenvalue weighted by Crippen LogP contribution is -2.22. The van der Waals surface area contributed by atoms with E-state index in [4.69, 9.17) is 14.7 Å². The Balaban J connectivity index is 0.000000160. The SMILES string of the molecule is Cc1ncc(-c2cc3nccn3c(-c3cn[nH]c3)n2)s1.Cc1ncc(-c2cc3nccn3c(-c3cnn(COCC[Si](C)(C)C)c3)n2)s1. The van der Waals surface area contributed by atoms with Gasteiger partial charge in [-0.1, -0.05) is 19.6 Å². The topological polar surface area (TPSA) is 142 Å². The zero-order valence-electron chi connectivity index (χ0n) is 27.2. The maximum absolute atomic E-state index is 5.80. The quantitative estimate of drug-likeness (QED) is 0.126. The second kappa shape index (κ2) is 13.3. The number of hydrogen-bond donors (Lipinski definition) is 1. The van der Waals surface area contributed by atoms with Crippen molar-refractivity contribution in [3.05, 3.63) is 84.1 Å². The molecule has 16 heteroatoms. The van der Waals surface area contributed by atoms with Gasteiger partial charge in [0.05, 0.1) is 54.7 Å². The van der Waals surface area contributed by atoms with Crippen molar-refractivity contribution in [3.63, 3.8) is 0 Å². The van der Waals surface area contributed by atoms with E-state index in [9.17, 15) is 0 Å². The molecule has 0 aliphatic heterocycles. The molecule has 8 heterocycles. The zero-order chi connectivity index (χ0) is 33.3. The van der Waals surface area contributed by atoms with Crippen LogP contribution in [0.4, 0.5) is 0 Å². The third-order valence-electron chi connectivity index (χ3n) is 7.39. The first-order valence-electron chi connectivity index (χ1n) is 15.3. The summed E-state index contributed by atoms with van der Waals surface area (Å²) in [5.74, 6) is 1.62. The van der Waals surface area contributed by atoms with Crippen molar-refractivity contribution in [1.82, 2.24) is 58.7 Å². The summed E-state index contributed by atoms with van der Waals surface area (Å²) in [6.07, 6.45) is 18.4. The number of imidazole rings is 2. The molecule has 0 fully saturated rings. The predicted molar refractivity (Wildman–Crippen MR) is 191 cm³/mol. The minimum atomic E-state index is -1.08. The number of rotatable bonds is 9. The Kier molecular flexibility index (Phi) is 8.78. The van der Waals surface area contributed by atoms with Crippen molar-refractivity contribution in [2.75, 3.05) is 6.61 Å². The van der Waals surface area contributed by atoms with Gasteiger partial charge in [0, 0.05) is 76.4 Å². The van der Waals surface area contributed by atoms with Crippen LogP contribution < -0.4 is 0 Å². The van der Waals surface area contributed by atoms with Gasteiger partial charge in [-0.3, -0.25) is 13.9 Å². The molecular weight excluding hydrogens is 661 g/mol. The van der Waals surface area contributed by atoms with Gasteiger partial charge in [0.1, 0.15) is 29.7 Å². The molecule has 0 saturated carbocycles. The maximum atomic E-state index is 5.80. The van der Waals surface area contributed by atoms with Gasteiger partial charge < -0.3 is 4.74 Å². The first kappa shape index (κ1) is 31.7. The van der Waals surface area contributed by atoms with Crippen LogP contribution in [0.2, 0.25) is 25.7 Å². The molecule has 0 bridgehead atoms. The highest BCUT2D eigenvalue weighted by Gasteiger charge is 2.15. The first-order chi connectivity index (χ1) is 23.2. The van der Waals surface area contributed by atoms with Gasteiger partial charge >= 0.3 is 0 Å². The van der Waals surface area contributed by atoms with Gasteiger partial charge in [-0.15, -0.1) is 22.7 Å². The van der Waals surface area contributed by atoms with Crippen LogP contribution in [-0.4, -0.2) is 73.4 Å². The number of fused-ring (bicyclic) bond motifs is 2. The van der Waals surface area contributed by atoms with Crippen molar-refractivity contribution in [2.24, 2.45) is 0 Å². The number of thiazole rings is 2. The molecule has 8 aromatic heterocycles. The van der Waals surface area contributed by atoms with Crippen LogP contribution in [0.25, 0.3) is 55.2 Å². The Labute approximate surface area is 285 Å². The molecule has 8 rings (SSSR count). The smallest absolute Gasteiger partial charge is 0.149 e. The minimum absolute atomic E-state index is 0.450. The average Bonchev–Trinajstić information content (AvgIpc) is 3.91. The zero-order valence-corrected chi connectivity index (χ0v) is 29.8. The van der Waals surface area contributed by atoms with Crippen molar-refractivity contribution in [2.45, 2.75) is 46.3 Å².